The number of aryl methyl sites for hydroxylation is 2. The van der Waals surface area contributed by atoms with Crippen molar-refractivity contribution in [3.05, 3.63) is 119 Å². The standard InChI is InChI=1S/C29H31ClN6/c30-27-15-13-25(14-16-27)17-19-36-29(31-32-33-36)28(26-11-5-2-6-12-26)35-22-20-34(21-23-35)18-7-10-24-8-3-1-4-9-24/h1-16,28H,17-23H2/t28-/m0/s1. The number of rotatable bonds is 9. The number of benzene rings is 3. The molecule has 7 heteroatoms. The quantitative estimate of drug-likeness (QED) is 0.325. The third-order valence-corrected chi connectivity index (χ3v) is 6.94. The summed E-state index contributed by atoms with van der Waals surface area (Å²) in [6.07, 6.45) is 5.31. The lowest BCUT2D eigenvalue weighted by Gasteiger charge is -2.38. The minimum absolute atomic E-state index is 0.0217. The molecule has 0 N–H and O–H groups in total. The van der Waals surface area contributed by atoms with E-state index in [2.05, 4.69) is 104 Å². The zero-order valence-corrected chi connectivity index (χ0v) is 21.1. The maximum atomic E-state index is 6.05. The van der Waals surface area contributed by atoms with Gasteiger partial charge in [0.1, 0.15) is 0 Å². The number of hydrogen-bond donors (Lipinski definition) is 0. The highest BCUT2D eigenvalue weighted by atomic mass is 35.5. The van der Waals surface area contributed by atoms with Gasteiger partial charge in [0, 0.05) is 44.3 Å². The third-order valence-electron chi connectivity index (χ3n) is 6.69. The normalized spacial score (nSPS) is 15.9. The van der Waals surface area contributed by atoms with Crippen LogP contribution in [-0.4, -0.2) is 62.7 Å². The van der Waals surface area contributed by atoms with Gasteiger partial charge in [-0.05, 0) is 45.7 Å². The highest BCUT2D eigenvalue weighted by Gasteiger charge is 2.30. The van der Waals surface area contributed by atoms with Crippen molar-refractivity contribution < 1.29 is 0 Å². The first-order valence-corrected chi connectivity index (χ1v) is 12.9. The van der Waals surface area contributed by atoms with Crippen LogP contribution in [0.15, 0.2) is 91.0 Å². The molecule has 0 spiro atoms. The first-order chi connectivity index (χ1) is 17.8. The SMILES string of the molecule is Clc1ccc(CCn2nnnc2[C@H](c2ccccc2)N2CCN(CC=Cc3ccccc3)CC2)cc1. The zero-order valence-electron chi connectivity index (χ0n) is 20.3. The van der Waals surface area contributed by atoms with Gasteiger partial charge in [0.05, 0.1) is 6.04 Å². The van der Waals surface area contributed by atoms with Gasteiger partial charge < -0.3 is 0 Å². The summed E-state index contributed by atoms with van der Waals surface area (Å²) < 4.78 is 1.96. The van der Waals surface area contributed by atoms with Gasteiger partial charge in [0.15, 0.2) is 5.82 Å². The van der Waals surface area contributed by atoms with Gasteiger partial charge in [0.25, 0.3) is 0 Å². The number of piperazine rings is 1. The average molecular weight is 499 g/mol. The van der Waals surface area contributed by atoms with Crippen molar-refractivity contribution in [3.63, 3.8) is 0 Å². The number of nitrogens with zero attached hydrogens (tertiary/aromatic N) is 6. The van der Waals surface area contributed by atoms with Crippen LogP contribution >= 0.6 is 11.6 Å². The van der Waals surface area contributed by atoms with Crippen LogP contribution in [0, 0.1) is 0 Å². The van der Waals surface area contributed by atoms with E-state index in [0.717, 1.165) is 56.5 Å². The Morgan fingerprint density at radius 3 is 2.25 bits per heavy atom. The fourth-order valence-corrected chi connectivity index (χ4v) is 4.84. The predicted molar refractivity (Wildman–Crippen MR) is 145 cm³/mol. The molecule has 2 heterocycles. The second kappa shape index (κ2) is 12.1. The van der Waals surface area contributed by atoms with Crippen LogP contribution in [-0.2, 0) is 13.0 Å². The van der Waals surface area contributed by atoms with E-state index in [1.165, 1.54) is 16.7 Å². The van der Waals surface area contributed by atoms with Crippen molar-refractivity contribution in [2.75, 3.05) is 32.7 Å². The molecule has 3 aromatic carbocycles. The Morgan fingerprint density at radius 2 is 1.53 bits per heavy atom. The van der Waals surface area contributed by atoms with Crippen molar-refractivity contribution in [2.45, 2.75) is 19.0 Å². The van der Waals surface area contributed by atoms with Crippen LogP contribution in [0.3, 0.4) is 0 Å². The highest BCUT2D eigenvalue weighted by molar-refractivity contribution is 6.30. The third kappa shape index (κ3) is 6.26. The van der Waals surface area contributed by atoms with E-state index in [9.17, 15) is 0 Å². The second-order valence-corrected chi connectivity index (χ2v) is 9.54. The summed E-state index contributed by atoms with van der Waals surface area (Å²) in [5.41, 5.74) is 3.68. The van der Waals surface area contributed by atoms with E-state index in [4.69, 9.17) is 11.6 Å². The van der Waals surface area contributed by atoms with Crippen molar-refractivity contribution in [1.29, 1.82) is 0 Å². The van der Waals surface area contributed by atoms with E-state index in [1.807, 2.05) is 22.9 Å². The van der Waals surface area contributed by atoms with E-state index in [-0.39, 0.29) is 6.04 Å². The molecule has 0 bridgehead atoms. The molecule has 0 radical (unpaired) electrons. The Labute approximate surface area is 217 Å². The van der Waals surface area contributed by atoms with Crippen molar-refractivity contribution >= 4 is 17.7 Å². The van der Waals surface area contributed by atoms with E-state index in [0.29, 0.717) is 0 Å². The molecule has 1 aliphatic heterocycles. The first kappa shape index (κ1) is 24.4. The number of aromatic nitrogens is 4. The fraction of sp³-hybridized carbons (Fsp3) is 0.276. The molecular formula is C29H31ClN6. The Bertz CT molecular complexity index is 1230. The van der Waals surface area contributed by atoms with Gasteiger partial charge in [-0.25, -0.2) is 4.68 Å². The summed E-state index contributed by atoms with van der Waals surface area (Å²) >= 11 is 6.05. The molecule has 184 valence electrons. The van der Waals surface area contributed by atoms with Gasteiger partial charge in [-0.15, -0.1) is 5.10 Å². The molecule has 1 atom stereocenters. The summed E-state index contributed by atoms with van der Waals surface area (Å²) in [4.78, 5) is 5.01. The molecule has 5 rings (SSSR count). The average Bonchev–Trinajstić information content (AvgIpc) is 3.39. The minimum atomic E-state index is 0.0217. The summed E-state index contributed by atoms with van der Waals surface area (Å²) in [7, 11) is 0. The maximum Gasteiger partial charge on any atom is 0.173 e. The molecule has 0 unspecified atom stereocenters. The lowest BCUT2D eigenvalue weighted by Crippen LogP contribution is -2.48. The largest absolute Gasteiger partial charge is 0.297 e. The van der Waals surface area contributed by atoms with Gasteiger partial charge in [-0.2, -0.15) is 0 Å². The Hall–Kier alpha value is -3.32. The van der Waals surface area contributed by atoms with Gasteiger partial charge in [0.2, 0.25) is 0 Å². The lowest BCUT2D eigenvalue weighted by atomic mass is 10.0. The fourth-order valence-electron chi connectivity index (χ4n) is 4.72. The summed E-state index contributed by atoms with van der Waals surface area (Å²) in [5, 5.41) is 13.7. The molecule has 1 saturated heterocycles. The maximum absolute atomic E-state index is 6.05. The Kier molecular flexibility index (Phi) is 8.18. The van der Waals surface area contributed by atoms with Crippen LogP contribution in [0.1, 0.15) is 28.6 Å². The van der Waals surface area contributed by atoms with Crippen molar-refractivity contribution in [1.82, 2.24) is 30.0 Å². The summed E-state index contributed by atoms with van der Waals surface area (Å²) in [5.74, 6) is 0.896. The van der Waals surface area contributed by atoms with Crippen LogP contribution in [0.4, 0.5) is 0 Å². The van der Waals surface area contributed by atoms with Crippen molar-refractivity contribution in [3.8, 4) is 0 Å². The lowest BCUT2D eigenvalue weighted by molar-refractivity contribution is 0.112. The predicted octanol–water partition coefficient (Wildman–Crippen LogP) is 4.99. The molecule has 1 aliphatic rings. The molecule has 0 saturated carbocycles. The van der Waals surface area contributed by atoms with Crippen molar-refractivity contribution in [2.24, 2.45) is 0 Å². The molecule has 0 aliphatic carbocycles. The number of tetrazole rings is 1. The second-order valence-electron chi connectivity index (χ2n) is 9.10. The topological polar surface area (TPSA) is 50.1 Å². The monoisotopic (exact) mass is 498 g/mol. The van der Waals surface area contributed by atoms with Gasteiger partial charge >= 0.3 is 0 Å². The molecule has 36 heavy (non-hydrogen) atoms. The molecule has 6 nitrogen and oxygen atoms in total. The molecule has 0 amide bonds. The first-order valence-electron chi connectivity index (χ1n) is 12.5. The molecule has 4 aromatic rings. The highest BCUT2D eigenvalue weighted by Crippen LogP contribution is 2.28. The van der Waals surface area contributed by atoms with Crippen LogP contribution in [0.2, 0.25) is 5.02 Å². The molecule has 1 aromatic heterocycles. The van der Waals surface area contributed by atoms with Gasteiger partial charge in [-0.1, -0.05) is 96.5 Å². The number of halogens is 1. The molecule has 1 fully saturated rings. The minimum Gasteiger partial charge on any atom is -0.297 e. The smallest absolute Gasteiger partial charge is 0.173 e. The van der Waals surface area contributed by atoms with E-state index < -0.39 is 0 Å². The molecular weight excluding hydrogens is 468 g/mol. The van der Waals surface area contributed by atoms with Gasteiger partial charge in [-0.3, -0.25) is 9.80 Å². The summed E-state index contributed by atoms with van der Waals surface area (Å²) in [6, 6.07) is 29.1. The Balaban J connectivity index is 1.27. The zero-order chi connectivity index (χ0) is 24.6. The van der Waals surface area contributed by atoms with Crippen LogP contribution in [0.25, 0.3) is 6.08 Å². The summed E-state index contributed by atoms with van der Waals surface area (Å²) in [6.45, 7) is 5.62. The van der Waals surface area contributed by atoms with Crippen LogP contribution in [0.5, 0.6) is 0 Å². The Morgan fingerprint density at radius 1 is 0.833 bits per heavy atom. The number of hydrogen-bond acceptors (Lipinski definition) is 5. The van der Waals surface area contributed by atoms with E-state index >= 15 is 0 Å². The van der Waals surface area contributed by atoms with Crippen LogP contribution < -0.4 is 0 Å². The van der Waals surface area contributed by atoms with E-state index in [1.54, 1.807) is 0 Å².